The molecule has 0 aliphatic carbocycles. The van der Waals surface area contributed by atoms with E-state index in [9.17, 15) is 19.2 Å². The average molecular weight is 491 g/mol. The van der Waals surface area contributed by atoms with Gasteiger partial charge < -0.3 is 20.8 Å². The molecule has 0 aromatic heterocycles. The maximum absolute atomic E-state index is 12.7. The van der Waals surface area contributed by atoms with Crippen LogP contribution in [0.4, 0.5) is 0 Å². The molecule has 35 heavy (non-hydrogen) atoms. The summed E-state index contributed by atoms with van der Waals surface area (Å²) in [4.78, 5) is 46.9. The largest absolute Gasteiger partial charge is 0.481 e. The number of benzene rings is 1. The molecule has 0 saturated carbocycles. The van der Waals surface area contributed by atoms with Crippen molar-refractivity contribution < 1.29 is 29.4 Å². The highest BCUT2D eigenvalue weighted by molar-refractivity contribution is 5.92. The molecule has 8 heteroatoms. The number of carboxylic acids is 2. The molecule has 0 fully saturated rings. The van der Waals surface area contributed by atoms with E-state index >= 15 is 0 Å². The van der Waals surface area contributed by atoms with Crippen LogP contribution in [0.5, 0.6) is 0 Å². The normalized spacial score (nSPS) is 10.7. The van der Waals surface area contributed by atoms with Crippen molar-refractivity contribution in [1.29, 1.82) is 0 Å². The Morgan fingerprint density at radius 3 is 1.49 bits per heavy atom. The van der Waals surface area contributed by atoms with Gasteiger partial charge in [0.15, 0.2) is 0 Å². The van der Waals surface area contributed by atoms with Gasteiger partial charge in [0.25, 0.3) is 0 Å². The van der Waals surface area contributed by atoms with Crippen LogP contribution in [-0.2, 0) is 20.9 Å². The highest BCUT2D eigenvalue weighted by Gasteiger charge is 2.15. The number of carbonyl (C=O) groups is 4. The van der Waals surface area contributed by atoms with Crippen LogP contribution in [0.2, 0.25) is 0 Å². The summed E-state index contributed by atoms with van der Waals surface area (Å²) in [6, 6.07) is 6.70. The molecule has 0 radical (unpaired) electrons. The second-order valence-corrected chi connectivity index (χ2v) is 9.16. The van der Waals surface area contributed by atoms with E-state index in [1.165, 1.54) is 32.1 Å². The second kappa shape index (κ2) is 18.4. The van der Waals surface area contributed by atoms with Gasteiger partial charge in [-0.05, 0) is 30.5 Å². The molecule has 1 aromatic rings. The molecule has 4 N–H and O–H groups in total. The first-order valence-electron chi connectivity index (χ1n) is 12.9. The van der Waals surface area contributed by atoms with Crippen molar-refractivity contribution in [1.82, 2.24) is 4.90 Å². The number of rotatable bonds is 21. The molecule has 0 bridgehead atoms. The standard InChI is InChI=1S/C27H42N2O6/c28-27(35)23-17-15-22(16-18-23)21-29(20-19-26(33)34)24(30)13-11-9-7-5-3-1-2-4-6-8-10-12-14-25(31)32/h15-18H,1-14,19-21H2,(H2,28,35)(H,31,32)(H,33,34). The van der Waals surface area contributed by atoms with Gasteiger partial charge in [-0.2, -0.15) is 0 Å². The first-order chi connectivity index (χ1) is 16.8. The Kier molecular flexibility index (Phi) is 15.9. The number of hydrogen-bond acceptors (Lipinski definition) is 4. The lowest BCUT2D eigenvalue weighted by Crippen LogP contribution is -2.32. The van der Waals surface area contributed by atoms with Crippen molar-refractivity contribution in [2.24, 2.45) is 5.73 Å². The zero-order valence-corrected chi connectivity index (χ0v) is 20.9. The van der Waals surface area contributed by atoms with Gasteiger partial charge in [0.2, 0.25) is 11.8 Å². The molecule has 0 unspecified atom stereocenters. The Balaban J connectivity index is 2.19. The van der Waals surface area contributed by atoms with Gasteiger partial charge in [-0.3, -0.25) is 19.2 Å². The molecule has 0 spiro atoms. The van der Waals surface area contributed by atoms with Gasteiger partial charge in [0.05, 0.1) is 6.42 Å². The van der Waals surface area contributed by atoms with Crippen LogP contribution in [0, 0.1) is 0 Å². The minimum Gasteiger partial charge on any atom is -0.481 e. The quantitative estimate of drug-likeness (QED) is 0.204. The van der Waals surface area contributed by atoms with Gasteiger partial charge in [-0.25, -0.2) is 0 Å². The highest BCUT2D eigenvalue weighted by Crippen LogP contribution is 2.15. The molecule has 1 aromatic carbocycles. The molecule has 1 rings (SSSR count). The zero-order valence-electron chi connectivity index (χ0n) is 20.9. The molecule has 196 valence electrons. The summed E-state index contributed by atoms with van der Waals surface area (Å²) in [6.07, 6.45) is 13.5. The van der Waals surface area contributed by atoms with Gasteiger partial charge >= 0.3 is 11.9 Å². The monoisotopic (exact) mass is 490 g/mol. The van der Waals surface area contributed by atoms with Crippen molar-refractivity contribution in [3.63, 3.8) is 0 Å². The SMILES string of the molecule is NC(=O)c1ccc(CN(CCC(=O)O)C(=O)CCCCCCCCCCCCCCC(=O)O)cc1. The van der Waals surface area contributed by atoms with Crippen LogP contribution in [0.15, 0.2) is 24.3 Å². The van der Waals surface area contributed by atoms with Crippen LogP contribution >= 0.6 is 0 Å². The Labute approximate surface area is 208 Å². The smallest absolute Gasteiger partial charge is 0.305 e. The van der Waals surface area contributed by atoms with E-state index in [0.717, 1.165) is 50.5 Å². The number of carbonyl (C=O) groups excluding carboxylic acids is 2. The van der Waals surface area contributed by atoms with Crippen LogP contribution in [0.25, 0.3) is 0 Å². The third kappa shape index (κ3) is 15.6. The first kappa shape index (κ1) is 30.1. The van der Waals surface area contributed by atoms with Crippen molar-refractivity contribution >= 4 is 23.8 Å². The number of nitrogens with two attached hydrogens (primary N) is 1. The summed E-state index contributed by atoms with van der Waals surface area (Å²) in [5.74, 6) is -2.21. The number of hydrogen-bond donors (Lipinski definition) is 3. The van der Waals surface area contributed by atoms with E-state index in [-0.39, 0.29) is 25.3 Å². The number of unbranched alkanes of at least 4 members (excludes halogenated alkanes) is 11. The van der Waals surface area contributed by atoms with Crippen molar-refractivity contribution in [3.05, 3.63) is 35.4 Å². The topological polar surface area (TPSA) is 138 Å². The summed E-state index contributed by atoms with van der Waals surface area (Å²) >= 11 is 0. The maximum Gasteiger partial charge on any atom is 0.305 e. The fourth-order valence-corrected chi connectivity index (χ4v) is 4.00. The van der Waals surface area contributed by atoms with Crippen molar-refractivity contribution in [2.75, 3.05) is 6.54 Å². The molecule has 0 aliphatic heterocycles. The van der Waals surface area contributed by atoms with E-state index in [2.05, 4.69) is 0 Å². The molecule has 0 heterocycles. The number of primary amides is 1. The fourth-order valence-electron chi connectivity index (χ4n) is 4.00. The van der Waals surface area contributed by atoms with Gasteiger partial charge in [0, 0.05) is 31.5 Å². The minimum atomic E-state index is -0.940. The maximum atomic E-state index is 12.7. The Morgan fingerprint density at radius 2 is 1.06 bits per heavy atom. The van der Waals surface area contributed by atoms with Crippen molar-refractivity contribution in [3.8, 4) is 0 Å². The minimum absolute atomic E-state index is 0.0476. The van der Waals surface area contributed by atoms with Gasteiger partial charge in [-0.1, -0.05) is 76.3 Å². The third-order valence-electron chi connectivity index (χ3n) is 6.09. The molecular weight excluding hydrogens is 448 g/mol. The lowest BCUT2D eigenvalue weighted by Gasteiger charge is -2.22. The number of nitrogens with zero attached hydrogens (tertiary/aromatic N) is 1. The van der Waals surface area contributed by atoms with Crippen molar-refractivity contribution in [2.45, 2.75) is 103 Å². The third-order valence-corrected chi connectivity index (χ3v) is 6.09. The van der Waals surface area contributed by atoms with E-state index in [0.29, 0.717) is 18.5 Å². The van der Waals surface area contributed by atoms with Crippen LogP contribution in [0.3, 0.4) is 0 Å². The highest BCUT2D eigenvalue weighted by atomic mass is 16.4. The summed E-state index contributed by atoms with van der Waals surface area (Å²) < 4.78 is 0. The number of carboxylic acid groups (broad SMARTS) is 2. The second-order valence-electron chi connectivity index (χ2n) is 9.16. The van der Waals surface area contributed by atoms with E-state index in [1.54, 1.807) is 29.2 Å². The Hall–Kier alpha value is -2.90. The fraction of sp³-hybridized carbons (Fsp3) is 0.630. The predicted octanol–water partition coefficient (Wildman–Crippen LogP) is 5.13. The predicted molar refractivity (Wildman–Crippen MR) is 135 cm³/mol. The van der Waals surface area contributed by atoms with Gasteiger partial charge in [0.1, 0.15) is 0 Å². The Bertz CT molecular complexity index is 778. The van der Waals surface area contributed by atoms with E-state index in [4.69, 9.17) is 15.9 Å². The molecule has 8 nitrogen and oxygen atoms in total. The zero-order chi connectivity index (χ0) is 25.9. The first-order valence-corrected chi connectivity index (χ1v) is 12.9. The average Bonchev–Trinajstić information content (AvgIpc) is 2.81. The molecule has 0 atom stereocenters. The number of aliphatic carboxylic acids is 2. The number of amides is 2. The summed E-state index contributed by atoms with van der Waals surface area (Å²) in [7, 11) is 0. The summed E-state index contributed by atoms with van der Waals surface area (Å²) in [6.45, 7) is 0.468. The van der Waals surface area contributed by atoms with E-state index < -0.39 is 17.8 Å². The van der Waals surface area contributed by atoms with Crippen LogP contribution in [0.1, 0.15) is 112 Å². The summed E-state index contributed by atoms with van der Waals surface area (Å²) in [5, 5.41) is 17.6. The van der Waals surface area contributed by atoms with Crippen LogP contribution < -0.4 is 5.73 Å². The molecule has 2 amide bonds. The molecule has 0 saturated heterocycles. The van der Waals surface area contributed by atoms with Crippen LogP contribution in [-0.4, -0.2) is 45.4 Å². The Morgan fingerprint density at radius 1 is 0.629 bits per heavy atom. The summed E-state index contributed by atoms with van der Waals surface area (Å²) in [5.41, 5.74) is 6.48. The lowest BCUT2D eigenvalue weighted by atomic mass is 10.0. The molecular formula is C27H42N2O6. The molecule has 0 aliphatic rings. The lowest BCUT2D eigenvalue weighted by molar-refractivity contribution is -0.139. The van der Waals surface area contributed by atoms with E-state index in [1.807, 2.05) is 0 Å². The van der Waals surface area contributed by atoms with Gasteiger partial charge in [-0.15, -0.1) is 0 Å².